The van der Waals surface area contributed by atoms with Gasteiger partial charge in [0.2, 0.25) is 5.91 Å². The van der Waals surface area contributed by atoms with Crippen LogP contribution in [0.1, 0.15) is 25.3 Å². The van der Waals surface area contributed by atoms with Crippen molar-refractivity contribution >= 4 is 5.91 Å². The fourth-order valence-corrected chi connectivity index (χ4v) is 2.98. The molecule has 26 heavy (non-hydrogen) atoms. The highest BCUT2D eigenvalue weighted by atomic mass is 16.5. The van der Waals surface area contributed by atoms with E-state index in [2.05, 4.69) is 28.2 Å². The SMILES string of the molecule is C=C(C)COc1cc(CNC2CCN(CC(=O)NC)CC2)ccc1OC. The molecule has 6 nitrogen and oxygen atoms in total. The summed E-state index contributed by atoms with van der Waals surface area (Å²) < 4.78 is 11.2. The lowest BCUT2D eigenvalue weighted by molar-refractivity contribution is -0.122. The first-order valence-electron chi connectivity index (χ1n) is 9.12. The molecule has 0 unspecified atom stereocenters. The highest BCUT2D eigenvalue weighted by Gasteiger charge is 2.20. The Morgan fingerprint density at radius 2 is 2.04 bits per heavy atom. The molecular weight excluding hydrogens is 330 g/mol. The van der Waals surface area contributed by atoms with Crippen LogP contribution in [0.5, 0.6) is 11.5 Å². The summed E-state index contributed by atoms with van der Waals surface area (Å²) in [7, 11) is 3.33. The minimum Gasteiger partial charge on any atom is -0.493 e. The van der Waals surface area contributed by atoms with Crippen molar-refractivity contribution in [3.05, 3.63) is 35.9 Å². The number of rotatable bonds is 9. The van der Waals surface area contributed by atoms with Crippen LogP contribution in [0.25, 0.3) is 0 Å². The largest absolute Gasteiger partial charge is 0.493 e. The normalized spacial score (nSPS) is 15.5. The predicted molar refractivity (Wildman–Crippen MR) is 104 cm³/mol. The van der Waals surface area contributed by atoms with Crippen molar-refractivity contribution in [1.29, 1.82) is 0 Å². The van der Waals surface area contributed by atoms with E-state index in [1.807, 2.05) is 19.1 Å². The van der Waals surface area contributed by atoms with E-state index in [4.69, 9.17) is 9.47 Å². The minimum atomic E-state index is 0.0805. The highest BCUT2D eigenvalue weighted by molar-refractivity contribution is 5.77. The van der Waals surface area contributed by atoms with Crippen molar-refractivity contribution in [1.82, 2.24) is 15.5 Å². The molecule has 0 saturated carbocycles. The molecule has 0 spiro atoms. The zero-order valence-corrected chi connectivity index (χ0v) is 16.1. The number of carbonyl (C=O) groups is 1. The number of methoxy groups -OCH3 is 1. The standard InChI is InChI=1S/C20H31N3O3/c1-15(2)14-26-19-11-16(5-6-18(19)25-4)12-22-17-7-9-23(10-8-17)13-20(24)21-3/h5-6,11,17,22H,1,7-10,12-14H2,2-4H3,(H,21,24). The quantitative estimate of drug-likeness (QED) is 0.658. The number of likely N-dealkylation sites (N-methyl/N-ethyl adjacent to an activating group) is 1. The lowest BCUT2D eigenvalue weighted by atomic mass is 10.0. The van der Waals surface area contributed by atoms with E-state index in [9.17, 15) is 4.79 Å². The Kier molecular flexibility index (Phi) is 7.94. The molecule has 1 amide bonds. The van der Waals surface area contributed by atoms with Crippen molar-refractivity contribution < 1.29 is 14.3 Å². The first-order chi connectivity index (χ1) is 12.5. The Hall–Kier alpha value is -2.05. The monoisotopic (exact) mass is 361 g/mol. The molecular formula is C20H31N3O3. The molecule has 6 heteroatoms. The van der Waals surface area contributed by atoms with Gasteiger partial charge in [-0.15, -0.1) is 0 Å². The van der Waals surface area contributed by atoms with Crippen LogP contribution in [0.4, 0.5) is 0 Å². The van der Waals surface area contributed by atoms with Gasteiger partial charge in [0.1, 0.15) is 6.61 Å². The van der Waals surface area contributed by atoms with Gasteiger partial charge in [-0.3, -0.25) is 9.69 Å². The molecule has 1 aliphatic rings. The summed E-state index contributed by atoms with van der Waals surface area (Å²) in [5.74, 6) is 1.56. The molecule has 0 bridgehead atoms. The Bertz CT molecular complexity index is 610. The molecule has 2 rings (SSSR count). The van der Waals surface area contributed by atoms with Crippen molar-refractivity contribution in [3.8, 4) is 11.5 Å². The van der Waals surface area contributed by atoms with Crippen LogP contribution in [-0.4, -0.2) is 57.2 Å². The van der Waals surface area contributed by atoms with Crippen LogP contribution in [0, 0.1) is 0 Å². The molecule has 1 fully saturated rings. The molecule has 144 valence electrons. The van der Waals surface area contributed by atoms with Crippen molar-refractivity contribution in [2.75, 3.05) is 40.4 Å². The van der Waals surface area contributed by atoms with Crippen molar-refractivity contribution in [2.45, 2.75) is 32.4 Å². The average Bonchev–Trinajstić information content (AvgIpc) is 2.65. The first kappa shape index (κ1) is 20.3. The van der Waals surface area contributed by atoms with Crippen LogP contribution in [0.15, 0.2) is 30.4 Å². The third kappa shape index (κ3) is 6.35. The van der Waals surface area contributed by atoms with Crippen molar-refractivity contribution in [3.63, 3.8) is 0 Å². The van der Waals surface area contributed by atoms with Gasteiger partial charge < -0.3 is 20.1 Å². The summed E-state index contributed by atoms with van der Waals surface area (Å²) >= 11 is 0. The third-order valence-corrected chi connectivity index (χ3v) is 4.53. The summed E-state index contributed by atoms with van der Waals surface area (Å²) in [5.41, 5.74) is 2.13. The molecule has 0 aliphatic carbocycles. The second-order valence-corrected chi connectivity index (χ2v) is 6.84. The predicted octanol–water partition coefficient (Wildman–Crippen LogP) is 1.95. The van der Waals surface area contributed by atoms with Crippen LogP contribution >= 0.6 is 0 Å². The van der Waals surface area contributed by atoms with Gasteiger partial charge in [0.25, 0.3) is 0 Å². The number of hydrogen-bond acceptors (Lipinski definition) is 5. The topological polar surface area (TPSA) is 62.8 Å². The summed E-state index contributed by atoms with van der Waals surface area (Å²) in [6, 6.07) is 6.49. The fourth-order valence-electron chi connectivity index (χ4n) is 2.98. The van der Waals surface area contributed by atoms with Gasteiger partial charge in [-0.05, 0) is 43.0 Å². The molecule has 1 heterocycles. The Balaban J connectivity index is 1.83. The first-order valence-corrected chi connectivity index (χ1v) is 9.12. The summed E-state index contributed by atoms with van der Waals surface area (Å²) in [6.07, 6.45) is 2.10. The number of amides is 1. The number of nitrogens with zero attached hydrogens (tertiary/aromatic N) is 1. The summed E-state index contributed by atoms with van der Waals surface area (Å²) in [5, 5.41) is 6.29. The number of nitrogens with one attached hydrogen (secondary N) is 2. The molecule has 0 aromatic heterocycles. The van der Waals surface area contributed by atoms with Gasteiger partial charge >= 0.3 is 0 Å². The maximum absolute atomic E-state index is 11.5. The van der Waals surface area contributed by atoms with Crippen LogP contribution in [-0.2, 0) is 11.3 Å². The number of benzene rings is 1. The maximum Gasteiger partial charge on any atom is 0.233 e. The summed E-state index contributed by atoms with van der Waals surface area (Å²) in [6.45, 7) is 9.46. The number of piperidine rings is 1. The van der Waals surface area contributed by atoms with Crippen LogP contribution < -0.4 is 20.1 Å². The molecule has 1 aromatic carbocycles. The molecule has 0 radical (unpaired) electrons. The molecule has 1 aromatic rings. The van der Waals surface area contributed by atoms with Gasteiger partial charge in [-0.1, -0.05) is 12.6 Å². The van der Waals surface area contributed by atoms with Crippen molar-refractivity contribution in [2.24, 2.45) is 0 Å². The molecule has 2 N–H and O–H groups in total. The van der Waals surface area contributed by atoms with Gasteiger partial charge in [-0.25, -0.2) is 0 Å². The number of carbonyl (C=O) groups excluding carboxylic acids is 1. The molecule has 1 saturated heterocycles. The number of hydrogen-bond donors (Lipinski definition) is 2. The summed E-state index contributed by atoms with van der Waals surface area (Å²) in [4.78, 5) is 13.7. The minimum absolute atomic E-state index is 0.0805. The van der Waals surface area contributed by atoms with Crippen LogP contribution in [0.3, 0.4) is 0 Å². The van der Waals surface area contributed by atoms with Crippen LogP contribution in [0.2, 0.25) is 0 Å². The Labute approximate surface area is 156 Å². The van der Waals surface area contributed by atoms with E-state index < -0.39 is 0 Å². The second kappa shape index (κ2) is 10.2. The second-order valence-electron chi connectivity index (χ2n) is 6.84. The van der Waals surface area contributed by atoms with E-state index in [1.54, 1.807) is 14.2 Å². The third-order valence-electron chi connectivity index (χ3n) is 4.53. The average molecular weight is 361 g/mol. The van der Waals surface area contributed by atoms with E-state index in [0.29, 0.717) is 19.2 Å². The van der Waals surface area contributed by atoms with Gasteiger partial charge in [0, 0.05) is 32.7 Å². The van der Waals surface area contributed by atoms with E-state index in [1.165, 1.54) is 0 Å². The molecule has 0 atom stereocenters. The number of likely N-dealkylation sites (tertiary alicyclic amines) is 1. The smallest absolute Gasteiger partial charge is 0.233 e. The Morgan fingerprint density at radius 1 is 1.31 bits per heavy atom. The zero-order valence-electron chi connectivity index (χ0n) is 16.1. The lowest BCUT2D eigenvalue weighted by Crippen LogP contribution is -2.45. The number of ether oxygens (including phenoxy) is 2. The molecule has 1 aliphatic heterocycles. The van der Waals surface area contributed by atoms with E-state index in [0.717, 1.165) is 55.1 Å². The van der Waals surface area contributed by atoms with Gasteiger partial charge in [-0.2, -0.15) is 0 Å². The zero-order chi connectivity index (χ0) is 18.9. The van der Waals surface area contributed by atoms with E-state index in [-0.39, 0.29) is 5.91 Å². The van der Waals surface area contributed by atoms with E-state index >= 15 is 0 Å². The lowest BCUT2D eigenvalue weighted by Gasteiger charge is -2.31. The maximum atomic E-state index is 11.5. The van der Waals surface area contributed by atoms with Gasteiger partial charge in [0.05, 0.1) is 13.7 Å². The Morgan fingerprint density at radius 3 is 2.65 bits per heavy atom. The highest BCUT2D eigenvalue weighted by Crippen LogP contribution is 2.28. The van der Waals surface area contributed by atoms with Gasteiger partial charge in [0.15, 0.2) is 11.5 Å². The fraction of sp³-hybridized carbons (Fsp3) is 0.550.